The molecule has 15 heavy (non-hydrogen) atoms. The first-order chi connectivity index (χ1) is 7.25. The van der Waals surface area contributed by atoms with Crippen molar-refractivity contribution in [3.05, 3.63) is 42.2 Å². The average molecular weight is 202 g/mol. The zero-order chi connectivity index (χ0) is 10.7. The largest absolute Gasteiger partial charge is 0.398 e. The molecule has 1 heterocycles. The molecule has 0 saturated carbocycles. The van der Waals surface area contributed by atoms with E-state index in [1.54, 1.807) is 10.9 Å². The molecule has 1 aromatic heterocycles. The van der Waals surface area contributed by atoms with Gasteiger partial charge >= 0.3 is 0 Å². The van der Waals surface area contributed by atoms with Crippen LogP contribution in [-0.4, -0.2) is 9.78 Å². The summed E-state index contributed by atoms with van der Waals surface area (Å²) < 4.78 is 1.76. The molecular weight excluding hydrogens is 188 g/mol. The van der Waals surface area contributed by atoms with Crippen LogP contribution in [0.1, 0.15) is 5.56 Å². The number of aromatic nitrogens is 2. The van der Waals surface area contributed by atoms with E-state index in [1.807, 2.05) is 37.5 Å². The first kappa shape index (κ1) is 9.58. The lowest BCUT2D eigenvalue weighted by Crippen LogP contribution is -2.01. The van der Waals surface area contributed by atoms with E-state index in [0.717, 1.165) is 23.5 Å². The highest BCUT2D eigenvalue weighted by Gasteiger charge is 1.98. The lowest BCUT2D eigenvalue weighted by Gasteiger charge is -2.06. The number of nitrogens with two attached hydrogens (primary N) is 1. The second kappa shape index (κ2) is 4.04. The number of rotatable bonds is 3. The molecule has 0 atom stereocenters. The van der Waals surface area contributed by atoms with Crippen molar-refractivity contribution >= 4 is 11.4 Å². The Labute approximate surface area is 88.7 Å². The number of nitrogens with zero attached hydrogens (tertiary/aromatic N) is 2. The van der Waals surface area contributed by atoms with Gasteiger partial charge in [-0.3, -0.25) is 4.68 Å². The summed E-state index contributed by atoms with van der Waals surface area (Å²) in [7, 11) is 1.89. The lowest BCUT2D eigenvalue weighted by atomic mass is 10.2. The van der Waals surface area contributed by atoms with Crippen LogP contribution < -0.4 is 11.1 Å². The Hall–Kier alpha value is -1.97. The van der Waals surface area contributed by atoms with E-state index in [-0.39, 0.29) is 0 Å². The second-order valence-corrected chi connectivity index (χ2v) is 3.46. The Morgan fingerprint density at radius 2 is 2.20 bits per heavy atom. The summed E-state index contributed by atoms with van der Waals surface area (Å²) in [5.41, 5.74) is 8.74. The van der Waals surface area contributed by atoms with Crippen molar-refractivity contribution in [1.82, 2.24) is 9.78 Å². The molecule has 2 rings (SSSR count). The average Bonchev–Trinajstić information content (AvgIpc) is 2.63. The summed E-state index contributed by atoms with van der Waals surface area (Å²) in [5.74, 6) is 0. The Bertz CT molecular complexity index is 447. The summed E-state index contributed by atoms with van der Waals surface area (Å²) in [6, 6.07) is 7.83. The smallest absolute Gasteiger partial charge is 0.0729 e. The summed E-state index contributed by atoms with van der Waals surface area (Å²) in [5, 5.41) is 7.33. The molecule has 0 aliphatic rings. The van der Waals surface area contributed by atoms with Crippen LogP contribution >= 0.6 is 0 Å². The highest BCUT2D eigenvalue weighted by molar-refractivity contribution is 5.49. The summed E-state index contributed by atoms with van der Waals surface area (Å²) >= 11 is 0. The van der Waals surface area contributed by atoms with Gasteiger partial charge in [0.1, 0.15) is 0 Å². The summed E-state index contributed by atoms with van der Waals surface area (Å²) in [6.45, 7) is 0.721. The molecule has 3 N–H and O–H groups in total. The van der Waals surface area contributed by atoms with Crippen molar-refractivity contribution in [3.63, 3.8) is 0 Å². The van der Waals surface area contributed by atoms with E-state index in [9.17, 15) is 0 Å². The van der Waals surface area contributed by atoms with E-state index >= 15 is 0 Å². The highest BCUT2D eigenvalue weighted by atomic mass is 15.3. The van der Waals surface area contributed by atoms with Crippen molar-refractivity contribution in [2.75, 3.05) is 11.1 Å². The molecule has 0 aliphatic carbocycles. The molecule has 4 heteroatoms. The van der Waals surface area contributed by atoms with Gasteiger partial charge in [-0.25, -0.2) is 0 Å². The Balaban J connectivity index is 2.02. The predicted molar refractivity (Wildman–Crippen MR) is 61.4 cm³/mol. The van der Waals surface area contributed by atoms with Crippen LogP contribution in [0, 0.1) is 0 Å². The zero-order valence-electron chi connectivity index (χ0n) is 8.64. The van der Waals surface area contributed by atoms with Gasteiger partial charge in [0.2, 0.25) is 0 Å². The number of benzene rings is 1. The van der Waals surface area contributed by atoms with Crippen molar-refractivity contribution in [2.24, 2.45) is 7.05 Å². The normalized spacial score (nSPS) is 10.2. The van der Waals surface area contributed by atoms with Gasteiger partial charge in [-0.15, -0.1) is 0 Å². The van der Waals surface area contributed by atoms with Gasteiger partial charge in [0, 0.05) is 25.5 Å². The third kappa shape index (κ3) is 2.28. The first-order valence-corrected chi connectivity index (χ1v) is 4.81. The fraction of sp³-hybridized carbons (Fsp3) is 0.182. The summed E-state index contributed by atoms with van der Waals surface area (Å²) in [4.78, 5) is 0. The Morgan fingerprint density at radius 1 is 1.40 bits per heavy atom. The van der Waals surface area contributed by atoms with Crippen LogP contribution in [0.4, 0.5) is 11.4 Å². The molecule has 2 aromatic rings. The van der Waals surface area contributed by atoms with Gasteiger partial charge in [0.05, 0.1) is 11.9 Å². The topological polar surface area (TPSA) is 55.9 Å². The van der Waals surface area contributed by atoms with Crippen molar-refractivity contribution in [1.29, 1.82) is 0 Å². The number of anilines is 2. The fourth-order valence-electron chi connectivity index (χ4n) is 1.40. The number of hydrogen-bond donors (Lipinski definition) is 2. The molecule has 1 aromatic carbocycles. The monoisotopic (exact) mass is 202 g/mol. The molecule has 0 spiro atoms. The van der Waals surface area contributed by atoms with Gasteiger partial charge in [-0.05, 0) is 11.6 Å². The molecule has 0 amide bonds. The number of hydrogen-bond acceptors (Lipinski definition) is 3. The van der Waals surface area contributed by atoms with Gasteiger partial charge < -0.3 is 11.1 Å². The highest BCUT2D eigenvalue weighted by Crippen LogP contribution is 2.13. The van der Waals surface area contributed by atoms with E-state index in [2.05, 4.69) is 10.4 Å². The van der Waals surface area contributed by atoms with Crippen LogP contribution in [-0.2, 0) is 13.6 Å². The predicted octanol–water partition coefficient (Wildman–Crippen LogP) is 1.61. The van der Waals surface area contributed by atoms with Crippen LogP contribution in [0.15, 0.2) is 36.7 Å². The van der Waals surface area contributed by atoms with Gasteiger partial charge in [-0.2, -0.15) is 5.10 Å². The molecule has 78 valence electrons. The molecule has 0 bridgehead atoms. The fourth-order valence-corrected chi connectivity index (χ4v) is 1.40. The lowest BCUT2D eigenvalue weighted by molar-refractivity contribution is 0.768. The zero-order valence-corrected chi connectivity index (χ0v) is 8.64. The van der Waals surface area contributed by atoms with Crippen molar-refractivity contribution in [3.8, 4) is 0 Å². The molecule has 0 unspecified atom stereocenters. The van der Waals surface area contributed by atoms with Gasteiger partial charge in [0.15, 0.2) is 0 Å². The Morgan fingerprint density at radius 3 is 2.87 bits per heavy atom. The van der Waals surface area contributed by atoms with Gasteiger partial charge in [0.25, 0.3) is 0 Å². The number of para-hydroxylation sites is 1. The SMILES string of the molecule is Cn1cc(NCc2ccccc2N)cn1. The minimum Gasteiger partial charge on any atom is -0.398 e. The maximum absolute atomic E-state index is 5.83. The first-order valence-electron chi connectivity index (χ1n) is 4.81. The quantitative estimate of drug-likeness (QED) is 0.743. The van der Waals surface area contributed by atoms with Crippen molar-refractivity contribution in [2.45, 2.75) is 6.54 Å². The maximum atomic E-state index is 5.83. The van der Waals surface area contributed by atoms with E-state index in [1.165, 1.54) is 0 Å². The third-order valence-corrected chi connectivity index (χ3v) is 2.24. The molecule has 0 saturated heterocycles. The Kier molecular flexibility index (Phi) is 2.58. The molecule has 0 aliphatic heterocycles. The van der Waals surface area contributed by atoms with E-state index in [0.29, 0.717) is 0 Å². The maximum Gasteiger partial charge on any atom is 0.0729 e. The minimum absolute atomic E-state index is 0.721. The molecule has 0 fully saturated rings. The molecule has 0 radical (unpaired) electrons. The van der Waals surface area contributed by atoms with Crippen LogP contribution in [0.2, 0.25) is 0 Å². The van der Waals surface area contributed by atoms with E-state index < -0.39 is 0 Å². The summed E-state index contributed by atoms with van der Waals surface area (Å²) in [6.07, 6.45) is 3.72. The minimum atomic E-state index is 0.721. The molecular formula is C11H14N4. The van der Waals surface area contributed by atoms with E-state index in [4.69, 9.17) is 5.73 Å². The second-order valence-electron chi connectivity index (χ2n) is 3.46. The number of nitrogen functional groups attached to an aromatic ring is 1. The number of aryl methyl sites for hydroxylation is 1. The van der Waals surface area contributed by atoms with Crippen LogP contribution in [0.25, 0.3) is 0 Å². The number of nitrogens with one attached hydrogen (secondary N) is 1. The van der Waals surface area contributed by atoms with Crippen molar-refractivity contribution < 1.29 is 0 Å². The molecule has 4 nitrogen and oxygen atoms in total. The van der Waals surface area contributed by atoms with Crippen LogP contribution in [0.3, 0.4) is 0 Å². The standard InChI is InChI=1S/C11H14N4/c1-15-8-10(7-14-15)13-6-9-4-2-3-5-11(9)12/h2-5,7-8,13H,6,12H2,1H3. The third-order valence-electron chi connectivity index (χ3n) is 2.24. The van der Waals surface area contributed by atoms with Gasteiger partial charge in [-0.1, -0.05) is 18.2 Å². The van der Waals surface area contributed by atoms with Crippen LogP contribution in [0.5, 0.6) is 0 Å².